The van der Waals surface area contributed by atoms with Crippen LogP contribution in [0.15, 0.2) is 24.3 Å². The van der Waals surface area contributed by atoms with Gasteiger partial charge in [0.15, 0.2) is 9.84 Å². The highest BCUT2D eigenvalue weighted by Crippen LogP contribution is 2.35. The van der Waals surface area contributed by atoms with Gasteiger partial charge in [0.05, 0.1) is 5.75 Å². The maximum atomic E-state index is 12.1. The van der Waals surface area contributed by atoms with Gasteiger partial charge in [0.1, 0.15) is 0 Å². The number of hydrogen-bond donors (Lipinski definition) is 0. The number of alkyl halides is 2. The first kappa shape index (κ1) is 14.7. The van der Waals surface area contributed by atoms with Gasteiger partial charge in [-0.25, -0.2) is 8.42 Å². The van der Waals surface area contributed by atoms with Crippen molar-refractivity contribution in [1.82, 2.24) is 0 Å². The molecule has 3 nitrogen and oxygen atoms in total. The predicted octanol–water partition coefficient (Wildman–Crippen LogP) is 2.90. The van der Waals surface area contributed by atoms with Crippen LogP contribution in [0.3, 0.4) is 0 Å². The Bertz CT molecular complexity index is 537. The van der Waals surface area contributed by atoms with Crippen LogP contribution < -0.4 is 0 Å². The average molecular weight is 340 g/mol. The molecule has 0 bridgehead atoms. The minimum atomic E-state index is -3.73. The lowest BCUT2D eigenvalue weighted by molar-refractivity contribution is 0.0999. The molecule has 1 atom stereocenters. The van der Waals surface area contributed by atoms with Gasteiger partial charge in [-0.15, -0.1) is 0 Å². The Balaban J connectivity index is 3.28. The molecule has 0 heterocycles. The Morgan fingerprint density at radius 3 is 2.41 bits per heavy atom. The molecule has 0 spiro atoms. The van der Waals surface area contributed by atoms with Gasteiger partial charge in [0.2, 0.25) is 5.78 Å². The van der Waals surface area contributed by atoms with Crippen LogP contribution in [0.5, 0.6) is 0 Å². The van der Waals surface area contributed by atoms with Gasteiger partial charge in [-0.05, 0) is 28.4 Å². The zero-order chi connectivity index (χ0) is 13.3. The summed E-state index contributed by atoms with van der Waals surface area (Å²) in [5, 5.41) is 0. The second kappa shape index (κ2) is 5.08. The smallest absolute Gasteiger partial charge is 0.261 e. The van der Waals surface area contributed by atoms with E-state index in [1.807, 2.05) is 0 Å². The third-order valence-corrected chi connectivity index (χ3v) is 6.87. The number of Topliss-reactive ketones (excluding diaryl/α,β-unsaturated/α-hetero) is 1. The largest absolute Gasteiger partial charge is 0.290 e. The minimum absolute atomic E-state index is 0.209. The summed E-state index contributed by atoms with van der Waals surface area (Å²) < 4.78 is 21.4. The molecule has 0 N–H and O–H groups in total. The van der Waals surface area contributed by atoms with E-state index in [1.54, 1.807) is 31.2 Å². The second-order valence-electron chi connectivity index (χ2n) is 3.56. The Morgan fingerprint density at radius 1 is 1.41 bits per heavy atom. The highest BCUT2D eigenvalue weighted by Gasteiger charge is 2.46. The number of hydrogen-bond acceptors (Lipinski definition) is 3. The summed E-state index contributed by atoms with van der Waals surface area (Å²) in [5.74, 6) is -0.863. The first-order chi connectivity index (χ1) is 7.74. The Morgan fingerprint density at radius 2 is 1.94 bits per heavy atom. The molecule has 1 unspecified atom stereocenters. The van der Waals surface area contributed by atoms with Crippen LogP contribution in [-0.4, -0.2) is 23.1 Å². The number of sulfone groups is 1. The van der Waals surface area contributed by atoms with Crippen LogP contribution in [0, 0.1) is 6.92 Å². The van der Waals surface area contributed by atoms with Crippen molar-refractivity contribution in [1.29, 1.82) is 0 Å². The molecular formula is C11H12BrClO3S. The van der Waals surface area contributed by atoms with Crippen molar-refractivity contribution < 1.29 is 13.2 Å². The number of carbonyl (C=O) groups is 1. The van der Waals surface area contributed by atoms with E-state index in [9.17, 15) is 13.2 Å². The third-order valence-electron chi connectivity index (χ3n) is 2.42. The van der Waals surface area contributed by atoms with Gasteiger partial charge in [-0.2, -0.15) is 0 Å². The summed E-state index contributed by atoms with van der Waals surface area (Å²) in [6.45, 7) is 3.17. The van der Waals surface area contributed by atoms with Crippen LogP contribution in [0.1, 0.15) is 22.8 Å². The van der Waals surface area contributed by atoms with Gasteiger partial charge in [-0.3, -0.25) is 4.79 Å². The van der Waals surface area contributed by atoms with E-state index in [-0.39, 0.29) is 5.75 Å². The van der Waals surface area contributed by atoms with Gasteiger partial charge < -0.3 is 0 Å². The molecule has 0 saturated heterocycles. The zero-order valence-corrected chi connectivity index (χ0v) is 12.6. The first-order valence-corrected chi connectivity index (χ1v) is 7.77. The number of halogens is 2. The van der Waals surface area contributed by atoms with E-state index < -0.39 is 18.7 Å². The standard InChI is InChI=1S/C11H12BrClO3S/c1-3-17(15,16)11(12,13)10(14)9-7-5-4-6-8(9)2/h4-7H,3H2,1-2H3. The van der Waals surface area contributed by atoms with Crippen molar-refractivity contribution in [2.24, 2.45) is 0 Å². The summed E-state index contributed by atoms with van der Waals surface area (Å²) in [5.41, 5.74) is 0.990. The van der Waals surface area contributed by atoms with Crippen molar-refractivity contribution in [3.05, 3.63) is 35.4 Å². The van der Waals surface area contributed by atoms with Gasteiger partial charge >= 0.3 is 0 Å². The number of carbonyl (C=O) groups excluding carboxylic acids is 1. The molecule has 1 aromatic carbocycles. The molecule has 0 aromatic heterocycles. The molecule has 0 aliphatic heterocycles. The topological polar surface area (TPSA) is 51.2 Å². The summed E-state index contributed by atoms with van der Waals surface area (Å²) in [6, 6.07) is 6.72. The summed E-state index contributed by atoms with van der Waals surface area (Å²) in [4.78, 5) is 12.1. The Hall–Kier alpha value is -0.390. The molecule has 0 saturated carbocycles. The highest BCUT2D eigenvalue weighted by atomic mass is 79.9. The fourth-order valence-corrected chi connectivity index (χ4v) is 3.39. The maximum absolute atomic E-state index is 12.1. The predicted molar refractivity (Wildman–Crippen MR) is 72.5 cm³/mol. The quantitative estimate of drug-likeness (QED) is 0.626. The van der Waals surface area contributed by atoms with Crippen molar-refractivity contribution in [2.75, 3.05) is 5.75 Å². The van der Waals surface area contributed by atoms with E-state index in [1.165, 1.54) is 6.92 Å². The van der Waals surface area contributed by atoms with Crippen LogP contribution >= 0.6 is 27.5 Å². The van der Waals surface area contributed by atoms with Crippen molar-refractivity contribution >= 4 is 43.2 Å². The molecule has 0 aliphatic carbocycles. The van der Waals surface area contributed by atoms with Crippen LogP contribution in [0.25, 0.3) is 0 Å². The van der Waals surface area contributed by atoms with E-state index in [0.717, 1.165) is 0 Å². The minimum Gasteiger partial charge on any atom is -0.290 e. The van der Waals surface area contributed by atoms with Gasteiger partial charge in [-0.1, -0.05) is 42.8 Å². The van der Waals surface area contributed by atoms with E-state index in [2.05, 4.69) is 15.9 Å². The normalized spacial score (nSPS) is 15.3. The van der Waals surface area contributed by atoms with Crippen LogP contribution in [0.2, 0.25) is 0 Å². The fraction of sp³-hybridized carbons (Fsp3) is 0.364. The lowest BCUT2D eigenvalue weighted by atomic mass is 10.1. The first-order valence-electron chi connectivity index (χ1n) is 4.94. The molecule has 0 aliphatic rings. The highest BCUT2D eigenvalue weighted by molar-refractivity contribution is 9.12. The molecule has 0 fully saturated rings. The summed E-state index contributed by atoms with van der Waals surface area (Å²) in [7, 11) is -3.73. The Kier molecular flexibility index (Phi) is 4.38. The lowest BCUT2D eigenvalue weighted by Crippen LogP contribution is -2.36. The van der Waals surface area contributed by atoms with Crippen LogP contribution in [0.4, 0.5) is 0 Å². The fourth-order valence-electron chi connectivity index (χ4n) is 1.31. The monoisotopic (exact) mass is 338 g/mol. The van der Waals surface area contributed by atoms with Gasteiger partial charge in [0.25, 0.3) is 3.12 Å². The number of aryl methyl sites for hydroxylation is 1. The molecule has 1 aromatic rings. The van der Waals surface area contributed by atoms with Gasteiger partial charge in [0, 0.05) is 5.56 Å². The summed E-state index contributed by atoms with van der Waals surface area (Å²) >= 11 is 8.69. The van der Waals surface area contributed by atoms with Crippen molar-refractivity contribution in [2.45, 2.75) is 17.0 Å². The van der Waals surface area contributed by atoms with E-state index >= 15 is 0 Å². The lowest BCUT2D eigenvalue weighted by Gasteiger charge is -2.19. The van der Waals surface area contributed by atoms with Crippen molar-refractivity contribution in [3.63, 3.8) is 0 Å². The maximum Gasteiger partial charge on any atom is 0.261 e. The molecule has 6 heteroatoms. The SMILES string of the molecule is CCS(=O)(=O)C(Cl)(Br)C(=O)c1ccccc1C. The van der Waals surface area contributed by atoms with E-state index in [4.69, 9.17) is 11.6 Å². The molecule has 94 valence electrons. The summed E-state index contributed by atoms with van der Waals surface area (Å²) in [6.07, 6.45) is 0. The molecule has 0 radical (unpaired) electrons. The third kappa shape index (κ3) is 2.72. The Labute approximate surface area is 114 Å². The number of benzene rings is 1. The second-order valence-corrected chi connectivity index (χ2v) is 8.95. The number of rotatable bonds is 4. The average Bonchev–Trinajstić information content (AvgIpc) is 2.28. The van der Waals surface area contributed by atoms with Crippen molar-refractivity contribution in [3.8, 4) is 0 Å². The molecule has 17 heavy (non-hydrogen) atoms. The number of ketones is 1. The van der Waals surface area contributed by atoms with E-state index in [0.29, 0.717) is 11.1 Å². The van der Waals surface area contributed by atoms with Crippen LogP contribution in [-0.2, 0) is 9.84 Å². The molecule has 1 rings (SSSR count). The zero-order valence-electron chi connectivity index (χ0n) is 9.41. The molecule has 0 amide bonds. The molecular weight excluding hydrogens is 328 g/mol.